The Bertz CT molecular complexity index is 973. The Morgan fingerprint density at radius 2 is 1.67 bits per heavy atom. The predicted octanol–water partition coefficient (Wildman–Crippen LogP) is 4.31. The first kappa shape index (κ1) is 24.1. The number of carbonyl (C=O) groups is 3. The normalized spacial score (nSPS) is 15.8. The van der Waals surface area contributed by atoms with E-state index in [2.05, 4.69) is 19.2 Å². The fourth-order valence-corrected chi connectivity index (χ4v) is 3.64. The van der Waals surface area contributed by atoms with Gasteiger partial charge >= 0.3 is 6.03 Å². The summed E-state index contributed by atoms with van der Waals surface area (Å²) in [6.45, 7) is 6.96. The van der Waals surface area contributed by atoms with Crippen LogP contribution >= 0.6 is 0 Å². The van der Waals surface area contributed by atoms with Crippen molar-refractivity contribution in [1.82, 2.24) is 4.90 Å². The van der Waals surface area contributed by atoms with Crippen molar-refractivity contribution >= 4 is 29.2 Å². The standard InChI is InChI=1S/C25H31N3O5/c1-5-33-21-10-6-18(7-11-21)26-23(29)16-22-24(30)28(19-8-12-20(32-4)13-9-19)25(31)27(22)15-14-17(2)3/h6-13,17,22H,5,14-16H2,1-4H3,(H,26,29)/t22-/m1/s1. The largest absolute Gasteiger partial charge is 0.497 e. The molecule has 33 heavy (non-hydrogen) atoms. The van der Waals surface area contributed by atoms with E-state index in [1.54, 1.807) is 55.6 Å². The molecule has 0 radical (unpaired) electrons. The summed E-state index contributed by atoms with van der Waals surface area (Å²) in [7, 11) is 1.55. The van der Waals surface area contributed by atoms with Gasteiger partial charge in [-0.05, 0) is 67.8 Å². The van der Waals surface area contributed by atoms with Gasteiger partial charge in [0.2, 0.25) is 5.91 Å². The highest BCUT2D eigenvalue weighted by Gasteiger charge is 2.46. The Hall–Kier alpha value is -3.55. The number of nitrogens with zero attached hydrogens (tertiary/aromatic N) is 2. The quantitative estimate of drug-likeness (QED) is 0.542. The molecular formula is C25H31N3O5. The Morgan fingerprint density at radius 3 is 2.24 bits per heavy atom. The number of rotatable bonds is 10. The molecule has 0 spiro atoms. The highest BCUT2D eigenvalue weighted by molar-refractivity contribution is 6.22. The molecule has 0 aliphatic carbocycles. The molecule has 4 amide bonds. The molecule has 8 heteroatoms. The van der Waals surface area contributed by atoms with Gasteiger partial charge < -0.3 is 19.7 Å². The number of hydrogen-bond acceptors (Lipinski definition) is 5. The van der Waals surface area contributed by atoms with Crippen LogP contribution in [0.5, 0.6) is 11.5 Å². The van der Waals surface area contributed by atoms with E-state index in [-0.39, 0.29) is 12.3 Å². The van der Waals surface area contributed by atoms with Crippen LogP contribution in [0.1, 0.15) is 33.6 Å². The minimum Gasteiger partial charge on any atom is -0.497 e. The van der Waals surface area contributed by atoms with Crippen LogP contribution in [0.3, 0.4) is 0 Å². The van der Waals surface area contributed by atoms with Gasteiger partial charge in [-0.25, -0.2) is 9.69 Å². The molecule has 2 aromatic rings. The first-order valence-corrected chi connectivity index (χ1v) is 11.1. The van der Waals surface area contributed by atoms with Crippen molar-refractivity contribution in [3.05, 3.63) is 48.5 Å². The highest BCUT2D eigenvalue weighted by atomic mass is 16.5. The maximum absolute atomic E-state index is 13.3. The number of urea groups is 1. The summed E-state index contributed by atoms with van der Waals surface area (Å²) < 4.78 is 10.6. The Morgan fingerprint density at radius 1 is 1.03 bits per heavy atom. The van der Waals surface area contributed by atoms with Crippen LogP contribution in [0.15, 0.2) is 48.5 Å². The zero-order chi connectivity index (χ0) is 24.0. The molecule has 2 aromatic carbocycles. The van der Waals surface area contributed by atoms with E-state index >= 15 is 0 Å². The summed E-state index contributed by atoms with van der Waals surface area (Å²) in [4.78, 5) is 41.9. The molecule has 1 atom stereocenters. The lowest BCUT2D eigenvalue weighted by Crippen LogP contribution is -2.39. The molecule has 1 heterocycles. The lowest BCUT2D eigenvalue weighted by molar-refractivity contribution is -0.124. The minimum absolute atomic E-state index is 0.122. The number of methoxy groups -OCH3 is 1. The maximum atomic E-state index is 13.3. The number of ether oxygens (including phenoxy) is 2. The van der Waals surface area contributed by atoms with Crippen molar-refractivity contribution < 1.29 is 23.9 Å². The van der Waals surface area contributed by atoms with Crippen LogP contribution in [0.4, 0.5) is 16.2 Å². The van der Waals surface area contributed by atoms with E-state index < -0.39 is 18.0 Å². The van der Waals surface area contributed by atoms with Crippen molar-refractivity contribution in [2.45, 2.75) is 39.7 Å². The summed E-state index contributed by atoms with van der Waals surface area (Å²) in [6.07, 6.45) is 0.606. The highest BCUT2D eigenvalue weighted by Crippen LogP contribution is 2.29. The molecule has 0 aromatic heterocycles. The molecular weight excluding hydrogens is 422 g/mol. The Labute approximate surface area is 194 Å². The van der Waals surface area contributed by atoms with Crippen LogP contribution in [-0.2, 0) is 9.59 Å². The minimum atomic E-state index is -0.860. The molecule has 176 valence electrons. The van der Waals surface area contributed by atoms with Crippen molar-refractivity contribution in [3.63, 3.8) is 0 Å². The van der Waals surface area contributed by atoms with E-state index in [1.807, 2.05) is 6.92 Å². The predicted molar refractivity (Wildman–Crippen MR) is 127 cm³/mol. The number of carbonyl (C=O) groups excluding carboxylic acids is 3. The van der Waals surface area contributed by atoms with Gasteiger partial charge in [-0.2, -0.15) is 0 Å². The van der Waals surface area contributed by atoms with Crippen molar-refractivity contribution in [2.24, 2.45) is 5.92 Å². The fraction of sp³-hybridized carbons (Fsp3) is 0.400. The lowest BCUT2D eigenvalue weighted by atomic mass is 10.1. The zero-order valence-corrected chi connectivity index (χ0v) is 19.5. The van der Waals surface area contributed by atoms with Crippen LogP contribution < -0.4 is 19.7 Å². The van der Waals surface area contributed by atoms with Crippen molar-refractivity contribution in [3.8, 4) is 11.5 Å². The first-order chi connectivity index (χ1) is 15.8. The topological polar surface area (TPSA) is 88.2 Å². The summed E-state index contributed by atoms with van der Waals surface area (Å²) in [5.74, 6) is 0.941. The van der Waals surface area contributed by atoms with Gasteiger partial charge in [-0.3, -0.25) is 9.59 Å². The van der Waals surface area contributed by atoms with E-state index in [9.17, 15) is 14.4 Å². The number of hydrogen-bond donors (Lipinski definition) is 1. The average Bonchev–Trinajstić information content (AvgIpc) is 3.02. The third-order valence-electron chi connectivity index (χ3n) is 5.42. The first-order valence-electron chi connectivity index (χ1n) is 11.1. The summed E-state index contributed by atoms with van der Waals surface area (Å²) in [5.41, 5.74) is 1.05. The van der Waals surface area contributed by atoms with Gasteiger partial charge in [0.15, 0.2) is 0 Å². The molecule has 0 saturated carbocycles. The number of benzene rings is 2. The summed E-state index contributed by atoms with van der Waals surface area (Å²) in [5, 5.41) is 2.81. The smallest absolute Gasteiger partial charge is 0.332 e. The fourth-order valence-electron chi connectivity index (χ4n) is 3.64. The molecule has 1 saturated heterocycles. The van der Waals surface area contributed by atoms with Crippen LogP contribution in [0.25, 0.3) is 0 Å². The molecule has 1 aliphatic heterocycles. The van der Waals surface area contributed by atoms with E-state index in [0.29, 0.717) is 41.9 Å². The van der Waals surface area contributed by atoms with E-state index in [0.717, 1.165) is 11.3 Å². The van der Waals surface area contributed by atoms with Crippen LogP contribution in [0.2, 0.25) is 0 Å². The van der Waals surface area contributed by atoms with Crippen LogP contribution in [0, 0.1) is 5.92 Å². The second-order valence-electron chi connectivity index (χ2n) is 8.26. The number of anilines is 2. The van der Waals surface area contributed by atoms with Gasteiger partial charge in [0.25, 0.3) is 5.91 Å². The summed E-state index contributed by atoms with van der Waals surface area (Å²) in [6, 6.07) is 12.5. The third kappa shape index (κ3) is 5.83. The lowest BCUT2D eigenvalue weighted by Gasteiger charge is -2.22. The van der Waals surface area contributed by atoms with Crippen molar-refractivity contribution in [2.75, 3.05) is 30.5 Å². The number of amides is 4. The maximum Gasteiger partial charge on any atom is 0.332 e. The van der Waals surface area contributed by atoms with Crippen molar-refractivity contribution in [1.29, 1.82) is 0 Å². The molecule has 0 unspecified atom stereocenters. The molecule has 3 rings (SSSR count). The van der Waals surface area contributed by atoms with Gasteiger partial charge in [0.1, 0.15) is 17.5 Å². The van der Waals surface area contributed by atoms with Crippen LogP contribution in [-0.4, -0.2) is 49.0 Å². The molecule has 8 nitrogen and oxygen atoms in total. The van der Waals surface area contributed by atoms with Gasteiger partial charge in [-0.15, -0.1) is 0 Å². The second kappa shape index (κ2) is 10.8. The number of nitrogens with one attached hydrogen (secondary N) is 1. The monoisotopic (exact) mass is 453 g/mol. The molecule has 1 N–H and O–H groups in total. The average molecular weight is 454 g/mol. The molecule has 1 fully saturated rings. The van der Waals surface area contributed by atoms with Gasteiger partial charge in [0.05, 0.1) is 25.8 Å². The Kier molecular flexibility index (Phi) is 7.92. The van der Waals surface area contributed by atoms with Gasteiger partial charge in [-0.1, -0.05) is 13.8 Å². The Balaban J connectivity index is 1.76. The second-order valence-corrected chi connectivity index (χ2v) is 8.26. The zero-order valence-electron chi connectivity index (χ0n) is 19.5. The SMILES string of the molecule is CCOc1ccc(NC(=O)C[C@@H]2C(=O)N(c3ccc(OC)cc3)C(=O)N2CCC(C)C)cc1. The molecule has 1 aliphatic rings. The molecule has 0 bridgehead atoms. The van der Waals surface area contributed by atoms with E-state index in [1.165, 1.54) is 4.90 Å². The summed E-state index contributed by atoms with van der Waals surface area (Å²) >= 11 is 0. The third-order valence-corrected chi connectivity index (χ3v) is 5.42. The van der Waals surface area contributed by atoms with Gasteiger partial charge in [0, 0.05) is 12.2 Å². The number of imide groups is 1. The van der Waals surface area contributed by atoms with E-state index in [4.69, 9.17) is 9.47 Å².